The Morgan fingerprint density at radius 2 is 2.05 bits per heavy atom. The number of hydrogen-bond donors (Lipinski definition) is 2. The maximum Gasteiger partial charge on any atom is 0.244 e. The second-order valence-electron chi connectivity index (χ2n) is 5.21. The van der Waals surface area contributed by atoms with Gasteiger partial charge in [-0.3, -0.25) is 4.79 Å². The summed E-state index contributed by atoms with van der Waals surface area (Å²) in [5.41, 5.74) is 7.31. The van der Waals surface area contributed by atoms with Crippen molar-refractivity contribution in [1.29, 1.82) is 0 Å². The number of amides is 1. The summed E-state index contributed by atoms with van der Waals surface area (Å²) in [5.74, 6) is 0.850. The van der Waals surface area contributed by atoms with E-state index in [4.69, 9.17) is 10.5 Å². The Bertz CT molecular complexity index is 470. The fraction of sp³-hybridized carbons (Fsp3) is 0.533. The van der Waals surface area contributed by atoms with Crippen molar-refractivity contribution < 1.29 is 9.53 Å². The molecular weight excluding hydrogens is 254 g/mol. The number of benzene rings is 1. The second-order valence-corrected chi connectivity index (χ2v) is 5.21. The lowest BCUT2D eigenvalue weighted by atomic mass is 10.1. The third-order valence-corrected chi connectivity index (χ3v) is 3.67. The standard InChI is InChI=1S/C15H23N3O2/c1-11(15(19)18-8-4-3-5-9-18)17-14-7-6-12(20-2)10-13(14)16/h6-7,10-11,17H,3-5,8-9,16H2,1-2H3. The first-order valence-electron chi connectivity index (χ1n) is 7.10. The van der Waals surface area contributed by atoms with Gasteiger partial charge in [-0.25, -0.2) is 0 Å². The zero-order chi connectivity index (χ0) is 14.5. The molecule has 0 spiro atoms. The molecule has 1 unspecified atom stereocenters. The lowest BCUT2D eigenvalue weighted by Gasteiger charge is -2.30. The van der Waals surface area contributed by atoms with Crippen molar-refractivity contribution >= 4 is 17.3 Å². The van der Waals surface area contributed by atoms with E-state index >= 15 is 0 Å². The van der Waals surface area contributed by atoms with Crippen molar-refractivity contribution in [3.05, 3.63) is 18.2 Å². The Morgan fingerprint density at radius 3 is 2.65 bits per heavy atom. The van der Waals surface area contributed by atoms with E-state index in [1.54, 1.807) is 13.2 Å². The Hall–Kier alpha value is -1.91. The van der Waals surface area contributed by atoms with Crippen LogP contribution in [0.25, 0.3) is 0 Å². The molecule has 3 N–H and O–H groups in total. The van der Waals surface area contributed by atoms with Crippen LogP contribution in [0.15, 0.2) is 18.2 Å². The molecule has 1 atom stereocenters. The Labute approximate surface area is 120 Å². The highest BCUT2D eigenvalue weighted by molar-refractivity contribution is 5.85. The summed E-state index contributed by atoms with van der Waals surface area (Å²) in [5, 5.41) is 3.19. The van der Waals surface area contributed by atoms with Crippen LogP contribution in [0.2, 0.25) is 0 Å². The molecule has 5 heteroatoms. The molecule has 0 saturated carbocycles. The first-order chi connectivity index (χ1) is 9.61. The third-order valence-electron chi connectivity index (χ3n) is 3.67. The molecule has 0 bridgehead atoms. The van der Waals surface area contributed by atoms with Gasteiger partial charge in [-0.05, 0) is 38.3 Å². The molecule has 1 saturated heterocycles. The Morgan fingerprint density at radius 1 is 1.35 bits per heavy atom. The van der Waals surface area contributed by atoms with Crippen molar-refractivity contribution in [2.24, 2.45) is 0 Å². The van der Waals surface area contributed by atoms with Crippen LogP contribution in [0.1, 0.15) is 26.2 Å². The summed E-state index contributed by atoms with van der Waals surface area (Å²) in [6.07, 6.45) is 3.42. The first kappa shape index (κ1) is 14.5. The number of nitrogen functional groups attached to an aromatic ring is 1. The molecule has 0 aliphatic carbocycles. The minimum absolute atomic E-state index is 0.139. The van der Waals surface area contributed by atoms with Gasteiger partial charge in [-0.15, -0.1) is 0 Å². The number of rotatable bonds is 4. The number of anilines is 2. The van der Waals surface area contributed by atoms with Crippen LogP contribution in [0.5, 0.6) is 5.75 Å². The minimum Gasteiger partial charge on any atom is -0.497 e. The van der Waals surface area contributed by atoms with E-state index < -0.39 is 0 Å². The molecular formula is C15H23N3O2. The first-order valence-corrected chi connectivity index (χ1v) is 7.10. The van der Waals surface area contributed by atoms with Crippen LogP contribution in [0, 0.1) is 0 Å². The third kappa shape index (κ3) is 3.35. The minimum atomic E-state index is -0.274. The molecule has 1 aliphatic rings. The molecule has 0 aromatic heterocycles. The van der Waals surface area contributed by atoms with Gasteiger partial charge in [0, 0.05) is 19.2 Å². The van der Waals surface area contributed by atoms with Gasteiger partial charge in [0.2, 0.25) is 5.91 Å². The predicted octanol–water partition coefficient (Wildman–Crippen LogP) is 2.09. The monoisotopic (exact) mass is 277 g/mol. The molecule has 1 aliphatic heterocycles. The molecule has 1 heterocycles. The lowest BCUT2D eigenvalue weighted by molar-refractivity contribution is -0.132. The fourth-order valence-corrected chi connectivity index (χ4v) is 2.48. The van der Waals surface area contributed by atoms with Crippen LogP contribution < -0.4 is 15.8 Å². The van der Waals surface area contributed by atoms with Gasteiger partial charge in [0.05, 0.1) is 18.5 Å². The SMILES string of the molecule is COc1ccc(NC(C)C(=O)N2CCCCC2)c(N)c1. The predicted molar refractivity (Wildman–Crippen MR) is 80.9 cm³/mol. The largest absolute Gasteiger partial charge is 0.497 e. The maximum atomic E-state index is 12.3. The highest BCUT2D eigenvalue weighted by Crippen LogP contribution is 2.25. The van der Waals surface area contributed by atoms with Crippen molar-refractivity contribution in [2.45, 2.75) is 32.2 Å². The van der Waals surface area contributed by atoms with Gasteiger partial charge < -0.3 is 20.7 Å². The summed E-state index contributed by atoms with van der Waals surface area (Å²) >= 11 is 0. The van der Waals surface area contributed by atoms with E-state index in [0.29, 0.717) is 11.4 Å². The van der Waals surface area contributed by atoms with Crippen LogP contribution in [0.4, 0.5) is 11.4 Å². The van der Waals surface area contributed by atoms with E-state index in [1.807, 2.05) is 24.0 Å². The summed E-state index contributed by atoms with van der Waals surface area (Å²) < 4.78 is 5.11. The number of nitrogens with one attached hydrogen (secondary N) is 1. The normalized spacial score (nSPS) is 16.6. The molecule has 110 valence electrons. The van der Waals surface area contributed by atoms with E-state index in [-0.39, 0.29) is 11.9 Å². The molecule has 1 amide bonds. The number of nitrogens with two attached hydrogens (primary N) is 1. The number of methoxy groups -OCH3 is 1. The smallest absolute Gasteiger partial charge is 0.244 e. The Kier molecular flexibility index (Phi) is 4.71. The van der Waals surface area contributed by atoms with Crippen molar-refractivity contribution in [3.63, 3.8) is 0 Å². The fourth-order valence-electron chi connectivity index (χ4n) is 2.48. The molecule has 0 radical (unpaired) electrons. The van der Waals surface area contributed by atoms with Gasteiger partial charge in [0.15, 0.2) is 0 Å². The number of nitrogens with zero attached hydrogens (tertiary/aromatic N) is 1. The number of ether oxygens (including phenoxy) is 1. The maximum absolute atomic E-state index is 12.3. The number of hydrogen-bond acceptors (Lipinski definition) is 4. The topological polar surface area (TPSA) is 67.6 Å². The average Bonchev–Trinajstić information content (AvgIpc) is 2.49. The molecule has 1 aromatic rings. The summed E-state index contributed by atoms with van der Waals surface area (Å²) in [7, 11) is 1.60. The van der Waals surface area contributed by atoms with Crippen LogP contribution in [-0.4, -0.2) is 37.0 Å². The van der Waals surface area contributed by atoms with E-state index in [9.17, 15) is 4.79 Å². The van der Waals surface area contributed by atoms with E-state index in [0.717, 1.165) is 31.6 Å². The van der Waals surface area contributed by atoms with Gasteiger partial charge >= 0.3 is 0 Å². The summed E-state index contributed by atoms with van der Waals surface area (Å²) in [6.45, 7) is 3.60. The van der Waals surface area contributed by atoms with Crippen molar-refractivity contribution in [1.82, 2.24) is 4.90 Å². The zero-order valence-corrected chi connectivity index (χ0v) is 12.2. The molecule has 1 fully saturated rings. The second kappa shape index (κ2) is 6.50. The number of piperidine rings is 1. The number of carbonyl (C=O) groups excluding carboxylic acids is 1. The van der Waals surface area contributed by atoms with E-state index in [2.05, 4.69) is 5.32 Å². The van der Waals surface area contributed by atoms with Gasteiger partial charge in [-0.2, -0.15) is 0 Å². The highest BCUT2D eigenvalue weighted by Gasteiger charge is 2.22. The average molecular weight is 277 g/mol. The molecule has 2 rings (SSSR count). The quantitative estimate of drug-likeness (QED) is 0.827. The highest BCUT2D eigenvalue weighted by atomic mass is 16.5. The van der Waals surface area contributed by atoms with Gasteiger partial charge in [0.1, 0.15) is 11.8 Å². The van der Waals surface area contributed by atoms with Crippen LogP contribution in [-0.2, 0) is 4.79 Å². The lowest BCUT2D eigenvalue weighted by Crippen LogP contribution is -2.43. The zero-order valence-electron chi connectivity index (χ0n) is 12.2. The van der Waals surface area contributed by atoms with Gasteiger partial charge in [0.25, 0.3) is 0 Å². The number of carbonyl (C=O) groups is 1. The van der Waals surface area contributed by atoms with Gasteiger partial charge in [-0.1, -0.05) is 0 Å². The Balaban J connectivity index is 1.99. The van der Waals surface area contributed by atoms with Crippen molar-refractivity contribution in [3.8, 4) is 5.75 Å². The van der Waals surface area contributed by atoms with Crippen LogP contribution >= 0.6 is 0 Å². The molecule has 5 nitrogen and oxygen atoms in total. The summed E-state index contributed by atoms with van der Waals surface area (Å²) in [6, 6.07) is 5.15. The van der Waals surface area contributed by atoms with Crippen molar-refractivity contribution in [2.75, 3.05) is 31.2 Å². The number of likely N-dealkylation sites (tertiary alicyclic amines) is 1. The van der Waals surface area contributed by atoms with Crippen LogP contribution in [0.3, 0.4) is 0 Å². The summed E-state index contributed by atoms with van der Waals surface area (Å²) in [4.78, 5) is 14.3. The van der Waals surface area contributed by atoms with E-state index in [1.165, 1.54) is 6.42 Å². The molecule has 1 aromatic carbocycles. The molecule has 20 heavy (non-hydrogen) atoms.